The Morgan fingerprint density at radius 1 is 1.10 bits per heavy atom. The van der Waals surface area contributed by atoms with Crippen LogP contribution in [-0.4, -0.2) is 68.8 Å². The molecule has 1 fully saturated rings. The summed E-state index contributed by atoms with van der Waals surface area (Å²) >= 11 is 0. The Morgan fingerprint density at radius 2 is 1.77 bits per heavy atom. The number of nitrogens with two attached hydrogens (primary N) is 1. The summed E-state index contributed by atoms with van der Waals surface area (Å²) in [7, 11) is -16.8. The first-order valence-corrected chi connectivity index (χ1v) is 12.3. The number of phosphoric ester groups is 1. The van der Waals surface area contributed by atoms with Crippen molar-refractivity contribution in [3.63, 3.8) is 0 Å². The molecule has 1 aliphatic heterocycles. The van der Waals surface area contributed by atoms with Crippen molar-refractivity contribution in [3.05, 3.63) is 12.7 Å². The number of phosphoric acid groups is 3. The van der Waals surface area contributed by atoms with Crippen molar-refractivity contribution in [1.82, 2.24) is 19.5 Å². The van der Waals surface area contributed by atoms with Crippen LogP contribution in [-0.2, 0) is 36.4 Å². The second-order valence-corrected chi connectivity index (χ2v) is 10.3. The Hall–Kier alpha value is -1.65. The summed E-state index contributed by atoms with van der Waals surface area (Å²) in [6.07, 6.45) is -2.57. The molecule has 172 valence electrons. The van der Waals surface area contributed by atoms with Crippen molar-refractivity contribution in [2.45, 2.75) is 18.4 Å². The second-order valence-electron chi connectivity index (χ2n) is 5.83. The molecule has 0 aliphatic carbocycles. The third-order valence-electron chi connectivity index (χ3n) is 3.65. The van der Waals surface area contributed by atoms with E-state index in [2.05, 4.69) is 28.1 Å². The molecule has 3 heterocycles. The molecule has 0 aromatic carbocycles. The minimum absolute atomic E-state index is 0.0202. The van der Waals surface area contributed by atoms with Gasteiger partial charge in [0.2, 0.25) is 0 Å². The topological polar surface area (TPSA) is 276 Å². The Balaban J connectivity index is 1.70. The van der Waals surface area contributed by atoms with Crippen molar-refractivity contribution in [3.8, 4) is 0 Å². The van der Waals surface area contributed by atoms with E-state index >= 15 is 0 Å². The minimum atomic E-state index is -5.72. The molecule has 1 aliphatic rings. The van der Waals surface area contributed by atoms with Crippen LogP contribution in [0.15, 0.2) is 12.7 Å². The summed E-state index contributed by atoms with van der Waals surface area (Å²) in [4.78, 5) is 59.3. The molecule has 0 bridgehead atoms. The maximum atomic E-state index is 12.2. The van der Waals surface area contributed by atoms with E-state index in [9.17, 15) is 28.5 Å². The molecule has 7 N–H and O–H groups in total. The number of anilines is 1. The number of rotatable bonds is 8. The number of aliphatic hydroxyl groups excluding tert-OH is 1. The van der Waals surface area contributed by atoms with Gasteiger partial charge in [-0.1, -0.05) is 0 Å². The van der Waals surface area contributed by atoms with Crippen LogP contribution in [0.3, 0.4) is 0 Å². The maximum absolute atomic E-state index is 12.2. The normalized spacial score (nSPS) is 26.1. The van der Waals surface area contributed by atoms with Gasteiger partial charge in [0.15, 0.2) is 29.6 Å². The predicted molar refractivity (Wildman–Crippen MR) is 94.5 cm³/mol. The Morgan fingerprint density at radius 3 is 2.42 bits per heavy atom. The van der Waals surface area contributed by atoms with Gasteiger partial charge in [0.05, 0.1) is 12.9 Å². The first-order chi connectivity index (χ1) is 14.2. The van der Waals surface area contributed by atoms with Crippen molar-refractivity contribution in [1.29, 1.82) is 0 Å². The van der Waals surface area contributed by atoms with Gasteiger partial charge in [-0.15, -0.1) is 0 Å². The molecule has 0 amide bonds. The number of carbonyl (C=O) groups is 1. The average Bonchev–Trinajstić information content (AvgIpc) is 3.13. The van der Waals surface area contributed by atoms with Gasteiger partial charge in [-0.25, -0.2) is 28.6 Å². The second kappa shape index (κ2) is 8.37. The van der Waals surface area contributed by atoms with Gasteiger partial charge in [-0.2, -0.15) is 8.62 Å². The molecule has 2 aromatic rings. The van der Waals surface area contributed by atoms with Crippen LogP contribution in [0.5, 0.6) is 0 Å². The fraction of sp³-hybridized carbons (Fsp3) is 0.400. The highest BCUT2D eigenvalue weighted by Crippen LogP contribution is 2.66. The van der Waals surface area contributed by atoms with Crippen LogP contribution in [0.25, 0.3) is 11.2 Å². The predicted octanol–water partition coefficient (Wildman–Crippen LogP) is -1.42. The number of ketones is 1. The first-order valence-electron chi connectivity index (χ1n) is 7.78. The van der Waals surface area contributed by atoms with Crippen LogP contribution in [0, 0.1) is 0 Å². The molecule has 0 radical (unpaired) electrons. The Labute approximate surface area is 171 Å². The zero-order valence-corrected chi connectivity index (χ0v) is 17.5. The fourth-order valence-electron chi connectivity index (χ4n) is 2.50. The van der Waals surface area contributed by atoms with Gasteiger partial charge in [0.25, 0.3) is 0 Å². The number of Topliss-reactive ketones (excluding diaryl/α,β-unsaturated/α-hetero) is 1. The van der Waals surface area contributed by atoms with E-state index in [1.807, 2.05) is 0 Å². The molecule has 21 heteroatoms. The van der Waals surface area contributed by atoms with E-state index in [1.165, 1.54) is 0 Å². The monoisotopic (exact) mass is 505 g/mol. The van der Waals surface area contributed by atoms with Crippen LogP contribution >= 0.6 is 23.5 Å². The Bertz CT molecular complexity index is 1150. The van der Waals surface area contributed by atoms with Crippen LogP contribution < -0.4 is 5.73 Å². The lowest BCUT2D eigenvalue weighted by Gasteiger charge is -2.18. The lowest BCUT2D eigenvalue weighted by atomic mass is 10.2. The zero-order chi connectivity index (χ0) is 23.2. The summed E-state index contributed by atoms with van der Waals surface area (Å²) in [5, 5.41) is 10.2. The van der Waals surface area contributed by atoms with Crippen molar-refractivity contribution >= 4 is 46.2 Å². The van der Waals surface area contributed by atoms with Crippen LogP contribution in [0.2, 0.25) is 0 Å². The molecule has 0 saturated carbocycles. The standard InChI is InChI=1S/C10H14N5O13P3/c11-8-5-9(13-2-12-8)15(3-14-5)10-7(17)6(16)4(26-10)1-25-30(21,22)28-31(23,24)27-29(18,19)20/h2-4,7,10,17H,1H2,(H,21,22)(H,23,24)(H2,11,12,13)(H2,18,19,20). The number of hydrogen-bond donors (Lipinski definition) is 6. The highest BCUT2D eigenvalue weighted by atomic mass is 31.3. The van der Waals surface area contributed by atoms with Crippen molar-refractivity contribution < 1.29 is 61.1 Å². The molecule has 5 atom stereocenters. The van der Waals surface area contributed by atoms with Gasteiger partial charge in [-0.05, 0) is 0 Å². The molecule has 0 spiro atoms. The zero-order valence-electron chi connectivity index (χ0n) is 14.8. The molecule has 1 saturated heterocycles. The number of carbonyl (C=O) groups excluding carboxylic acids is 1. The number of fused-ring (bicyclic) bond motifs is 1. The Kier molecular flexibility index (Phi) is 6.48. The van der Waals surface area contributed by atoms with Crippen LogP contribution in [0.4, 0.5) is 5.82 Å². The highest BCUT2D eigenvalue weighted by Gasteiger charge is 2.46. The van der Waals surface area contributed by atoms with Gasteiger partial charge in [0.1, 0.15) is 17.9 Å². The number of nitrogen functional groups attached to an aromatic ring is 1. The third kappa shape index (κ3) is 5.59. The quantitative estimate of drug-likeness (QED) is 0.224. The number of nitrogens with zero attached hydrogens (tertiary/aromatic N) is 4. The SMILES string of the molecule is Nc1ncnc2c1ncn2C1OC(COP(=O)(O)OP(=O)(O)OP(=O)(O)O)C(=O)C1O. The third-order valence-corrected chi connectivity index (χ3v) is 7.45. The smallest absolute Gasteiger partial charge is 0.382 e. The number of ether oxygens (including phenoxy) is 1. The number of imidazole rings is 1. The summed E-state index contributed by atoms with van der Waals surface area (Å²) in [5.41, 5.74) is 5.91. The van der Waals surface area contributed by atoms with Gasteiger partial charge >= 0.3 is 23.5 Å². The summed E-state index contributed by atoms with van der Waals surface area (Å²) < 4.78 is 51.6. The molecular weight excluding hydrogens is 491 g/mol. The van der Waals surface area contributed by atoms with E-state index in [0.717, 1.165) is 17.2 Å². The van der Waals surface area contributed by atoms with Gasteiger partial charge in [0, 0.05) is 0 Å². The number of aliphatic hydroxyl groups is 1. The number of hydrogen-bond acceptors (Lipinski definition) is 13. The maximum Gasteiger partial charge on any atom is 0.490 e. The lowest BCUT2D eigenvalue weighted by molar-refractivity contribution is -0.128. The molecule has 31 heavy (non-hydrogen) atoms. The molecule has 18 nitrogen and oxygen atoms in total. The number of aromatic nitrogens is 4. The van der Waals surface area contributed by atoms with Gasteiger partial charge in [-0.3, -0.25) is 13.9 Å². The molecule has 3 rings (SSSR count). The summed E-state index contributed by atoms with van der Waals surface area (Å²) in [5.74, 6) is -0.973. The van der Waals surface area contributed by atoms with Crippen LogP contribution in [0.1, 0.15) is 6.23 Å². The van der Waals surface area contributed by atoms with E-state index in [-0.39, 0.29) is 17.0 Å². The largest absolute Gasteiger partial charge is 0.490 e. The highest BCUT2D eigenvalue weighted by molar-refractivity contribution is 7.66. The summed E-state index contributed by atoms with van der Waals surface area (Å²) in [6, 6.07) is 0. The van der Waals surface area contributed by atoms with E-state index < -0.39 is 54.3 Å². The minimum Gasteiger partial charge on any atom is -0.382 e. The van der Waals surface area contributed by atoms with Crippen molar-refractivity contribution in [2.24, 2.45) is 0 Å². The summed E-state index contributed by atoms with van der Waals surface area (Å²) in [6.45, 7) is -1.06. The fourth-order valence-corrected chi connectivity index (χ4v) is 5.52. The molecule has 2 aromatic heterocycles. The van der Waals surface area contributed by atoms with Gasteiger partial charge < -0.3 is 35.2 Å². The van der Waals surface area contributed by atoms with E-state index in [1.54, 1.807) is 0 Å². The molecular formula is C10H14N5O13P3. The lowest BCUT2D eigenvalue weighted by Crippen LogP contribution is -2.28. The average molecular weight is 505 g/mol. The first kappa shape index (κ1) is 24.0. The van der Waals surface area contributed by atoms with Crippen molar-refractivity contribution in [2.75, 3.05) is 12.3 Å². The molecule has 5 unspecified atom stereocenters. The van der Waals surface area contributed by atoms with E-state index in [4.69, 9.17) is 25.2 Å². The van der Waals surface area contributed by atoms with E-state index in [0.29, 0.717) is 0 Å².